The monoisotopic (exact) mass is 559 g/mol. The van der Waals surface area contributed by atoms with Gasteiger partial charge in [0.15, 0.2) is 0 Å². The van der Waals surface area contributed by atoms with Crippen molar-refractivity contribution in [3.63, 3.8) is 0 Å². The number of rotatable bonds is 11. The predicted octanol–water partition coefficient (Wildman–Crippen LogP) is 7.35. The van der Waals surface area contributed by atoms with Crippen LogP contribution in [0.2, 0.25) is 0 Å². The third kappa shape index (κ3) is 6.05. The molecule has 0 saturated heterocycles. The summed E-state index contributed by atoms with van der Waals surface area (Å²) >= 11 is 3.32. The van der Waals surface area contributed by atoms with Crippen LogP contribution in [0.3, 0.4) is 0 Å². The number of hydrogen-bond donors (Lipinski definition) is 1. The topological polar surface area (TPSA) is 51.0 Å². The van der Waals surface area contributed by atoms with Crippen molar-refractivity contribution >= 4 is 21.6 Å². The fraction of sp³-hybridized carbons (Fsp3) is 0.129. The molecular weight excluding hydrogens is 533 g/mol. The minimum atomic E-state index is -0.918. The standard InChI is InChI=1S/C31H27BrFNO3/c1-2-27(36-22-30(34-35)28-20-26(32)18-19-29(28)33)21-37-31(23-12-6-3-7-13-23,24-14-8-4-9-15-24)25-16-10-5-11-17-25/h2-20,27,35H,1,21-22H2. The molecule has 188 valence electrons. The fourth-order valence-corrected chi connectivity index (χ4v) is 4.59. The summed E-state index contributed by atoms with van der Waals surface area (Å²) in [6.45, 7) is 3.90. The second kappa shape index (κ2) is 12.6. The van der Waals surface area contributed by atoms with Gasteiger partial charge in [-0.15, -0.1) is 6.58 Å². The summed E-state index contributed by atoms with van der Waals surface area (Å²) < 4.78 is 27.8. The summed E-state index contributed by atoms with van der Waals surface area (Å²) in [4.78, 5) is 0. The number of ether oxygens (including phenoxy) is 2. The lowest BCUT2D eigenvalue weighted by molar-refractivity contribution is -0.0413. The van der Waals surface area contributed by atoms with Crippen molar-refractivity contribution in [3.8, 4) is 0 Å². The molecule has 0 bridgehead atoms. The van der Waals surface area contributed by atoms with Crippen molar-refractivity contribution in [2.75, 3.05) is 13.2 Å². The van der Waals surface area contributed by atoms with Gasteiger partial charge in [-0.2, -0.15) is 0 Å². The SMILES string of the molecule is C=CC(COC(c1ccccc1)(c1ccccc1)c1ccccc1)OCC(=NO)c1cc(Br)ccc1F. The second-order valence-corrected chi connectivity index (χ2v) is 9.26. The van der Waals surface area contributed by atoms with Crippen molar-refractivity contribution < 1.29 is 19.1 Å². The lowest BCUT2D eigenvalue weighted by Gasteiger charge is -2.36. The van der Waals surface area contributed by atoms with Crippen LogP contribution in [0.1, 0.15) is 22.3 Å². The molecule has 0 aliphatic carbocycles. The first-order chi connectivity index (χ1) is 18.1. The highest BCUT2D eigenvalue weighted by molar-refractivity contribution is 9.10. The van der Waals surface area contributed by atoms with Gasteiger partial charge in [-0.3, -0.25) is 0 Å². The second-order valence-electron chi connectivity index (χ2n) is 8.35. The molecule has 0 saturated carbocycles. The van der Waals surface area contributed by atoms with Crippen molar-refractivity contribution in [1.29, 1.82) is 0 Å². The Morgan fingerprint density at radius 2 is 1.41 bits per heavy atom. The molecule has 6 heteroatoms. The molecule has 4 rings (SSSR count). The van der Waals surface area contributed by atoms with Crippen LogP contribution in [0.5, 0.6) is 0 Å². The first-order valence-electron chi connectivity index (χ1n) is 11.8. The van der Waals surface area contributed by atoms with Crippen LogP contribution in [0, 0.1) is 5.82 Å². The van der Waals surface area contributed by atoms with Crippen molar-refractivity contribution in [2.45, 2.75) is 11.7 Å². The van der Waals surface area contributed by atoms with Gasteiger partial charge in [0.1, 0.15) is 17.1 Å². The fourth-order valence-electron chi connectivity index (χ4n) is 4.23. The van der Waals surface area contributed by atoms with Crippen molar-refractivity contribution in [3.05, 3.63) is 154 Å². The lowest BCUT2D eigenvalue weighted by Crippen LogP contribution is -2.36. The molecule has 37 heavy (non-hydrogen) atoms. The quantitative estimate of drug-likeness (QED) is 0.0687. The number of halogens is 2. The van der Waals surface area contributed by atoms with Gasteiger partial charge in [0.05, 0.1) is 19.3 Å². The Hall–Kier alpha value is -3.58. The third-order valence-electron chi connectivity index (χ3n) is 6.06. The van der Waals surface area contributed by atoms with E-state index in [2.05, 4.69) is 27.7 Å². The lowest BCUT2D eigenvalue weighted by atomic mass is 9.80. The first-order valence-corrected chi connectivity index (χ1v) is 12.6. The van der Waals surface area contributed by atoms with Gasteiger partial charge in [-0.05, 0) is 34.9 Å². The minimum absolute atomic E-state index is 0.0612. The Kier molecular flexibility index (Phi) is 9.01. The van der Waals surface area contributed by atoms with Gasteiger partial charge < -0.3 is 14.7 Å². The van der Waals surface area contributed by atoms with Gasteiger partial charge >= 0.3 is 0 Å². The largest absolute Gasteiger partial charge is 0.411 e. The van der Waals surface area contributed by atoms with E-state index in [0.717, 1.165) is 16.7 Å². The van der Waals surface area contributed by atoms with E-state index in [-0.39, 0.29) is 24.5 Å². The summed E-state index contributed by atoms with van der Waals surface area (Å²) in [6, 6.07) is 34.4. The van der Waals surface area contributed by atoms with Gasteiger partial charge in [0, 0.05) is 10.0 Å². The molecule has 0 radical (unpaired) electrons. The number of nitrogens with zero attached hydrogens (tertiary/aromatic N) is 1. The average Bonchev–Trinajstić information content (AvgIpc) is 2.96. The third-order valence-corrected chi connectivity index (χ3v) is 6.56. The van der Waals surface area contributed by atoms with Crippen LogP contribution in [0.15, 0.2) is 131 Å². The molecule has 0 aliphatic heterocycles. The maximum absolute atomic E-state index is 14.4. The minimum Gasteiger partial charge on any atom is -0.411 e. The van der Waals surface area contributed by atoms with Crippen LogP contribution < -0.4 is 0 Å². The smallest absolute Gasteiger partial charge is 0.143 e. The molecule has 1 unspecified atom stereocenters. The van der Waals surface area contributed by atoms with Gasteiger partial charge in [0.2, 0.25) is 0 Å². The Balaban J connectivity index is 1.64. The zero-order valence-corrected chi connectivity index (χ0v) is 21.7. The van der Waals surface area contributed by atoms with E-state index in [1.54, 1.807) is 18.2 Å². The van der Waals surface area contributed by atoms with E-state index < -0.39 is 17.5 Å². The molecule has 4 nitrogen and oxygen atoms in total. The maximum atomic E-state index is 14.4. The highest BCUT2D eigenvalue weighted by Gasteiger charge is 2.38. The van der Waals surface area contributed by atoms with E-state index in [0.29, 0.717) is 4.47 Å². The predicted molar refractivity (Wildman–Crippen MR) is 148 cm³/mol. The van der Waals surface area contributed by atoms with E-state index in [9.17, 15) is 9.60 Å². The van der Waals surface area contributed by atoms with Crippen LogP contribution >= 0.6 is 15.9 Å². The van der Waals surface area contributed by atoms with Gasteiger partial charge in [0.25, 0.3) is 0 Å². The Labute approximate surface area is 224 Å². The summed E-state index contributed by atoms with van der Waals surface area (Å²) in [5.74, 6) is -0.512. The Morgan fingerprint density at radius 3 is 1.86 bits per heavy atom. The van der Waals surface area contributed by atoms with E-state index in [1.807, 2.05) is 91.0 Å². The zero-order chi connectivity index (χ0) is 26.1. The highest BCUT2D eigenvalue weighted by Crippen LogP contribution is 2.40. The molecule has 0 aromatic heterocycles. The average molecular weight is 560 g/mol. The summed E-state index contributed by atoms with van der Waals surface area (Å²) in [7, 11) is 0. The molecule has 0 fully saturated rings. The van der Waals surface area contributed by atoms with Crippen LogP contribution in [-0.2, 0) is 15.1 Å². The molecule has 0 heterocycles. The van der Waals surface area contributed by atoms with Crippen LogP contribution in [-0.4, -0.2) is 30.2 Å². The molecular formula is C31H27BrFNO3. The Bertz CT molecular complexity index is 1230. The molecule has 0 amide bonds. The van der Waals surface area contributed by atoms with Crippen LogP contribution in [0.4, 0.5) is 4.39 Å². The summed E-state index contributed by atoms with van der Waals surface area (Å²) in [5, 5.41) is 12.8. The van der Waals surface area contributed by atoms with E-state index in [4.69, 9.17) is 9.47 Å². The normalized spacial score (nSPS) is 12.8. The van der Waals surface area contributed by atoms with Gasteiger partial charge in [-0.1, -0.05) is 118 Å². The number of benzene rings is 4. The van der Waals surface area contributed by atoms with Crippen LogP contribution in [0.25, 0.3) is 0 Å². The first kappa shape index (κ1) is 26.5. The zero-order valence-electron chi connectivity index (χ0n) is 20.1. The Morgan fingerprint density at radius 1 is 0.892 bits per heavy atom. The van der Waals surface area contributed by atoms with E-state index >= 15 is 0 Å². The molecule has 1 N–H and O–H groups in total. The van der Waals surface area contributed by atoms with E-state index in [1.165, 1.54) is 6.07 Å². The summed E-state index contributed by atoms with van der Waals surface area (Å²) in [5.41, 5.74) is 2.18. The molecule has 1 atom stereocenters. The maximum Gasteiger partial charge on any atom is 0.143 e. The molecule has 0 spiro atoms. The number of hydrogen-bond acceptors (Lipinski definition) is 4. The molecule has 4 aromatic carbocycles. The highest BCUT2D eigenvalue weighted by atomic mass is 79.9. The summed E-state index contributed by atoms with van der Waals surface area (Å²) in [6.07, 6.45) is 1.06. The number of oxime groups is 1. The molecule has 0 aliphatic rings. The molecule has 4 aromatic rings. The van der Waals surface area contributed by atoms with Crippen molar-refractivity contribution in [2.24, 2.45) is 5.16 Å². The van der Waals surface area contributed by atoms with Crippen molar-refractivity contribution in [1.82, 2.24) is 0 Å². The van der Waals surface area contributed by atoms with Gasteiger partial charge in [-0.25, -0.2) is 4.39 Å².